The summed E-state index contributed by atoms with van der Waals surface area (Å²) in [5, 5.41) is 8.54. The van der Waals surface area contributed by atoms with Gasteiger partial charge in [0.25, 0.3) is 0 Å². The SMILES string of the molecule is N#Cc1ccn(CC2CC2)c1. The normalized spacial score (nSPS) is 16.3. The minimum Gasteiger partial charge on any atom is -0.353 e. The molecule has 0 N–H and O–H groups in total. The predicted molar refractivity (Wildman–Crippen MR) is 41.9 cm³/mol. The molecule has 2 nitrogen and oxygen atoms in total. The van der Waals surface area contributed by atoms with Gasteiger partial charge >= 0.3 is 0 Å². The molecular weight excluding hydrogens is 136 g/mol. The van der Waals surface area contributed by atoms with E-state index in [0.29, 0.717) is 0 Å². The maximum atomic E-state index is 8.54. The molecule has 0 unspecified atom stereocenters. The van der Waals surface area contributed by atoms with E-state index in [4.69, 9.17) is 5.26 Å². The third-order valence-electron chi connectivity index (χ3n) is 2.05. The average Bonchev–Trinajstić information content (AvgIpc) is 2.68. The van der Waals surface area contributed by atoms with E-state index in [-0.39, 0.29) is 0 Å². The van der Waals surface area contributed by atoms with E-state index in [1.54, 1.807) is 0 Å². The lowest BCUT2D eigenvalue weighted by atomic mass is 10.4. The Morgan fingerprint density at radius 3 is 3.00 bits per heavy atom. The number of aromatic nitrogens is 1. The van der Waals surface area contributed by atoms with Crippen LogP contribution in [-0.2, 0) is 6.54 Å². The van der Waals surface area contributed by atoms with E-state index in [0.717, 1.165) is 18.0 Å². The van der Waals surface area contributed by atoms with Gasteiger partial charge in [-0.15, -0.1) is 0 Å². The maximum absolute atomic E-state index is 8.54. The summed E-state index contributed by atoms with van der Waals surface area (Å²) in [5.41, 5.74) is 0.769. The summed E-state index contributed by atoms with van der Waals surface area (Å²) in [7, 11) is 0. The first kappa shape index (κ1) is 6.48. The molecule has 1 aromatic heterocycles. The van der Waals surface area contributed by atoms with E-state index >= 15 is 0 Å². The summed E-state index contributed by atoms with van der Waals surface area (Å²) in [6, 6.07) is 3.98. The zero-order chi connectivity index (χ0) is 7.68. The Hall–Kier alpha value is -1.23. The van der Waals surface area contributed by atoms with Gasteiger partial charge in [0.2, 0.25) is 0 Å². The van der Waals surface area contributed by atoms with Crippen LogP contribution < -0.4 is 0 Å². The van der Waals surface area contributed by atoms with Crippen LogP contribution in [0.15, 0.2) is 18.5 Å². The molecule has 0 aromatic carbocycles. The Morgan fingerprint density at radius 1 is 1.64 bits per heavy atom. The first-order chi connectivity index (χ1) is 5.38. The number of rotatable bonds is 2. The van der Waals surface area contributed by atoms with Gasteiger partial charge in [0.1, 0.15) is 6.07 Å². The van der Waals surface area contributed by atoms with Crippen LogP contribution in [0.4, 0.5) is 0 Å². The van der Waals surface area contributed by atoms with Crippen molar-refractivity contribution in [3.05, 3.63) is 24.0 Å². The molecule has 0 amide bonds. The molecule has 0 radical (unpaired) electrons. The highest BCUT2D eigenvalue weighted by atomic mass is 14.9. The second-order valence-electron chi connectivity index (χ2n) is 3.15. The van der Waals surface area contributed by atoms with Crippen molar-refractivity contribution in [3.63, 3.8) is 0 Å². The Morgan fingerprint density at radius 2 is 2.45 bits per heavy atom. The van der Waals surface area contributed by atoms with E-state index in [2.05, 4.69) is 10.6 Å². The minimum absolute atomic E-state index is 0.769. The molecular formula is C9H10N2. The number of hydrogen-bond acceptors (Lipinski definition) is 1. The largest absolute Gasteiger partial charge is 0.353 e. The van der Waals surface area contributed by atoms with Crippen molar-refractivity contribution in [2.24, 2.45) is 5.92 Å². The highest BCUT2D eigenvalue weighted by Crippen LogP contribution is 2.30. The van der Waals surface area contributed by atoms with Crippen LogP contribution in [0.3, 0.4) is 0 Å². The van der Waals surface area contributed by atoms with Gasteiger partial charge in [-0.05, 0) is 24.8 Å². The Bertz CT molecular complexity index is 289. The van der Waals surface area contributed by atoms with Crippen molar-refractivity contribution in [1.29, 1.82) is 5.26 Å². The van der Waals surface area contributed by atoms with Crippen LogP contribution in [0.2, 0.25) is 0 Å². The molecule has 0 bridgehead atoms. The first-order valence-electron chi connectivity index (χ1n) is 3.94. The lowest BCUT2D eigenvalue weighted by molar-refractivity contribution is 0.630. The molecule has 1 fully saturated rings. The molecule has 1 aliphatic rings. The number of nitriles is 1. The van der Waals surface area contributed by atoms with E-state index in [9.17, 15) is 0 Å². The van der Waals surface area contributed by atoms with Crippen LogP contribution in [-0.4, -0.2) is 4.57 Å². The molecule has 1 saturated carbocycles. The van der Waals surface area contributed by atoms with E-state index in [1.165, 1.54) is 12.8 Å². The Labute approximate surface area is 66.1 Å². The monoisotopic (exact) mass is 146 g/mol. The van der Waals surface area contributed by atoms with Gasteiger partial charge in [-0.1, -0.05) is 0 Å². The minimum atomic E-state index is 0.769. The zero-order valence-electron chi connectivity index (χ0n) is 6.33. The second-order valence-corrected chi connectivity index (χ2v) is 3.15. The van der Waals surface area contributed by atoms with Gasteiger partial charge < -0.3 is 4.57 Å². The second kappa shape index (κ2) is 2.43. The van der Waals surface area contributed by atoms with Gasteiger partial charge in [-0.2, -0.15) is 5.26 Å². The fourth-order valence-corrected chi connectivity index (χ4v) is 1.22. The van der Waals surface area contributed by atoms with Crippen molar-refractivity contribution in [2.45, 2.75) is 19.4 Å². The van der Waals surface area contributed by atoms with Crippen molar-refractivity contribution < 1.29 is 0 Å². The summed E-state index contributed by atoms with van der Waals surface area (Å²) in [6.07, 6.45) is 6.62. The molecule has 1 aliphatic carbocycles. The molecule has 56 valence electrons. The topological polar surface area (TPSA) is 28.7 Å². The summed E-state index contributed by atoms with van der Waals surface area (Å²) in [6.45, 7) is 1.10. The van der Waals surface area contributed by atoms with Crippen LogP contribution >= 0.6 is 0 Å². The smallest absolute Gasteiger partial charge is 0.101 e. The standard InChI is InChI=1S/C9H10N2/c10-5-9-3-4-11(7-9)6-8-1-2-8/h3-4,7-8H,1-2,6H2. The van der Waals surface area contributed by atoms with E-state index < -0.39 is 0 Å². The molecule has 0 atom stereocenters. The molecule has 2 heteroatoms. The van der Waals surface area contributed by atoms with Gasteiger partial charge in [0.05, 0.1) is 5.56 Å². The Kier molecular flexibility index (Phi) is 1.43. The number of hydrogen-bond donors (Lipinski definition) is 0. The van der Waals surface area contributed by atoms with E-state index in [1.807, 2.05) is 18.5 Å². The van der Waals surface area contributed by atoms with Crippen molar-refractivity contribution in [1.82, 2.24) is 4.57 Å². The van der Waals surface area contributed by atoms with Gasteiger partial charge in [-0.25, -0.2) is 0 Å². The molecule has 0 spiro atoms. The summed E-state index contributed by atoms with van der Waals surface area (Å²) < 4.78 is 2.11. The fourth-order valence-electron chi connectivity index (χ4n) is 1.22. The van der Waals surface area contributed by atoms with Crippen molar-refractivity contribution in [3.8, 4) is 6.07 Å². The number of nitrogens with zero attached hydrogens (tertiary/aromatic N) is 2. The van der Waals surface area contributed by atoms with Gasteiger partial charge in [-0.3, -0.25) is 0 Å². The van der Waals surface area contributed by atoms with Crippen LogP contribution in [0.25, 0.3) is 0 Å². The third kappa shape index (κ3) is 1.43. The zero-order valence-corrected chi connectivity index (χ0v) is 6.33. The maximum Gasteiger partial charge on any atom is 0.101 e. The lowest BCUT2D eigenvalue weighted by Gasteiger charge is -1.97. The highest BCUT2D eigenvalue weighted by molar-refractivity contribution is 5.25. The Balaban J connectivity index is 2.07. The predicted octanol–water partition coefficient (Wildman–Crippen LogP) is 1.77. The van der Waals surface area contributed by atoms with Crippen molar-refractivity contribution >= 4 is 0 Å². The van der Waals surface area contributed by atoms with Crippen molar-refractivity contribution in [2.75, 3.05) is 0 Å². The molecule has 1 aromatic rings. The molecule has 11 heavy (non-hydrogen) atoms. The fraction of sp³-hybridized carbons (Fsp3) is 0.444. The highest BCUT2D eigenvalue weighted by Gasteiger charge is 2.21. The van der Waals surface area contributed by atoms with Crippen LogP contribution in [0.1, 0.15) is 18.4 Å². The summed E-state index contributed by atoms with van der Waals surface area (Å²) in [5.74, 6) is 0.883. The third-order valence-corrected chi connectivity index (χ3v) is 2.05. The lowest BCUT2D eigenvalue weighted by Crippen LogP contribution is -1.94. The summed E-state index contributed by atoms with van der Waals surface area (Å²) >= 11 is 0. The summed E-state index contributed by atoms with van der Waals surface area (Å²) in [4.78, 5) is 0. The molecule has 0 saturated heterocycles. The molecule has 0 aliphatic heterocycles. The average molecular weight is 146 g/mol. The van der Waals surface area contributed by atoms with Gasteiger partial charge in [0.15, 0.2) is 0 Å². The quantitative estimate of drug-likeness (QED) is 0.625. The van der Waals surface area contributed by atoms with Gasteiger partial charge in [0, 0.05) is 18.9 Å². The molecule has 1 heterocycles. The first-order valence-corrected chi connectivity index (χ1v) is 3.94. The van der Waals surface area contributed by atoms with Crippen LogP contribution in [0, 0.1) is 17.2 Å². The van der Waals surface area contributed by atoms with Crippen LogP contribution in [0.5, 0.6) is 0 Å². The molecule has 2 rings (SSSR count).